The highest BCUT2D eigenvalue weighted by atomic mass is 16.6. The van der Waals surface area contributed by atoms with E-state index in [2.05, 4.69) is 10.3 Å². The smallest absolute Gasteiger partial charge is 0.319 e. The quantitative estimate of drug-likeness (QED) is 0.463. The maximum absolute atomic E-state index is 12.1. The van der Waals surface area contributed by atoms with Gasteiger partial charge in [0.2, 0.25) is 5.82 Å². The van der Waals surface area contributed by atoms with E-state index in [0.717, 1.165) is 12.1 Å². The molecule has 0 saturated carbocycles. The summed E-state index contributed by atoms with van der Waals surface area (Å²) in [4.78, 5) is 48.2. The number of benzene rings is 1. The fraction of sp³-hybridized carbons (Fsp3) is 0. The fourth-order valence-corrected chi connectivity index (χ4v) is 1.87. The molecule has 11 nitrogen and oxygen atoms in total. The molecule has 0 spiro atoms. The van der Waals surface area contributed by atoms with E-state index >= 15 is 0 Å². The van der Waals surface area contributed by atoms with Crippen molar-refractivity contribution < 1.29 is 19.3 Å². The van der Waals surface area contributed by atoms with Crippen molar-refractivity contribution in [1.82, 2.24) is 10.3 Å². The average Bonchev–Trinajstić information content (AvgIpc) is 2.54. The minimum atomic E-state index is -1.01. The first-order chi connectivity index (χ1) is 11.8. The summed E-state index contributed by atoms with van der Waals surface area (Å²) in [5.41, 5.74) is 10.1. The van der Waals surface area contributed by atoms with E-state index in [4.69, 9.17) is 11.5 Å². The van der Waals surface area contributed by atoms with E-state index in [1.54, 1.807) is 0 Å². The maximum atomic E-state index is 12.1. The number of nitro groups is 1. The Labute approximate surface area is 140 Å². The molecule has 25 heavy (non-hydrogen) atoms. The van der Waals surface area contributed by atoms with E-state index in [0.29, 0.717) is 0 Å². The van der Waals surface area contributed by atoms with Gasteiger partial charge >= 0.3 is 11.7 Å². The zero-order valence-electron chi connectivity index (χ0n) is 12.6. The Bertz CT molecular complexity index is 882. The van der Waals surface area contributed by atoms with Crippen molar-refractivity contribution in [1.29, 1.82) is 0 Å². The molecule has 0 atom stereocenters. The molecule has 0 fully saturated rings. The molecule has 0 bridgehead atoms. The molecule has 4 amide bonds. The van der Waals surface area contributed by atoms with E-state index < -0.39 is 34.3 Å². The van der Waals surface area contributed by atoms with Crippen molar-refractivity contribution in [3.05, 3.63) is 57.8 Å². The van der Waals surface area contributed by atoms with E-state index in [-0.39, 0.29) is 16.9 Å². The molecule has 0 aliphatic rings. The Morgan fingerprint density at radius 1 is 1.12 bits per heavy atom. The number of carbonyl (C=O) groups is 3. The molecular weight excluding hydrogens is 332 g/mol. The van der Waals surface area contributed by atoms with Gasteiger partial charge in [-0.2, -0.15) is 0 Å². The van der Waals surface area contributed by atoms with Crippen LogP contribution in [0.5, 0.6) is 0 Å². The zero-order chi connectivity index (χ0) is 18.6. The zero-order valence-corrected chi connectivity index (χ0v) is 12.6. The Kier molecular flexibility index (Phi) is 4.88. The summed E-state index contributed by atoms with van der Waals surface area (Å²) in [6.07, 6.45) is 0. The summed E-state index contributed by atoms with van der Waals surface area (Å²) >= 11 is 0. The van der Waals surface area contributed by atoms with Gasteiger partial charge in [0, 0.05) is 17.3 Å². The summed E-state index contributed by atoms with van der Waals surface area (Å²) in [6, 6.07) is 6.89. The van der Waals surface area contributed by atoms with Crippen LogP contribution in [0.15, 0.2) is 36.4 Å². The molecule has 0 unspecified atom stereocenters. The average molecular weight is 344 g/mol. The molecule has 0 aliphatic heterocycles. The van der Waals surface area contributed by atoms with Crippen LogP contribution in [0.3, 0.4) is 0 Å². The van der Waals surface area contributed by atoms with Gasteiger partial charge in [-0.25, -0.2) is 9.78 Å². The summed E-state index contributed by atoms with van der Waals surface area (Å²) in [6.45, 7) is 0. The van der Waals surface area contributed by atoms with Crippen molar-refractivity contribution in [2.45, 2.75) is 0 Å². The Hall–Kier alpha value is -4.02. The van der Waals surface area contributed by atoms with E-state index in [9.17, 15) is 24.5 Å². The molecule has 0 aliphatic carbocycles. The topological polar surface area (TPSA) is 183 Å². The minimum Gasteiger partial charge on any atom is -0.378 e. The molecule has 11 heteroatoms. The summed E-state index contributed by atoms with van der Waals surface area (Å²) < 4.78 is 0. The van der Waals surface area contributed by atoms with Crippen LogP contribution in [0.1, 0.15) is 20.8 Å². The number of carbonyl (C=O) groups excluding carboxylic acids is 3. The number of nitrogens with zero attached hydrogens (tertiary/aromatic N) is 2. The Balaban J connectivity index is 2.18. The number of aromatic nitrogens is 1. The first-order valence-electron chi connectivity index (χ1n) is 6.71. The van der Waals surface area contributed by atoms with Crippen molar-refractivity contribution >= 4 is 35.0 Å². The minimum absolute atomic E-state index is 0.0905. The monoisotopic (exact) mass is 344 g/mol. The number of anilines is 2. The predicted molar refractivity (Wildman–Crippen MR) is 86.7 cm³/mol. The van der Waals surface area contributed by atoms with Gasteiger partial charge in [-0.15, -0.1) is 0 Å². The Morgan fingerprint density at radius 3 is 2.44 bits per heavy atom. The van der Waals surface area contributed by atoms with Crippen LogP contribution in [0, 0.1) is 10.1 Å². The normalized spacial score (nSPS) is 9.92. The maximum Gasteiger partial charge on any atom is 0.319 e. The molecule has 2 rings (SSSR count). The fourth-order valence-electron chi connectivity index (χ4n) is 1.87. The second-order valence-electron chi connectivity index (χ2n) is 4.71. The van der Waals surface area contributed by atoms with Gasteiger partial charge in [0.1, 0.15) is 5.69 Å². The lowest BCUT2D eigenvalue weighted by molar-refractivity contribution is -0.384. The molecule has 1 aromatic heterocycles. The second kappa shape index (κ2) is 7.04. The van der Waals surface area contributed by atoms with Crippen LogP contribution in [-0.4, -0.2) is 27.8 Å². The van der Waals surface area contributed by atoms with Crippen LogP contribution in [0.4, 0.5) is 22.0 Å². The molecule has 1 heterocycles. The molecule has 1 aromatic carbocycles. The number of hydrogen-bond acceptors (Lipinski definition) is 7. The van der Waals surface area contributed by atoms with Gasteiger partial charge in [-0.1, -0.05) is 6.07 Å². The third-order valence-electron chi connectivity index (χ3n) is 2.95. The van der Waals surface area contributed by atoms with Crippen molar-refractivity contribution in [3.63, 3.8) is 0 Å². The van der Waals surface area contributed by atoms with Crippen molar-refractivity contribution in [2.24, 2.45) is 5.73 Å². The van der Waals surface area contributed by atoms with Crippen molar-refractivity contribution in [3.8, 4) is 0 Å². The number of nitrogens with two attached hydrogens (primary N) is 2. The van der Waals surface area contributed by atoms with Crippen LogP contribution < -0.4 is 22.1 Å². The number of rotatable bonds is 4. The number of nitrogens with one attached hydrogen (secondary N) is 2. The lowest BCUT2D eigenvalue weighted by atomic mass is 10.2. The standard InChI is InChI=1S/C14H12N6O5/c15-11-10(20(24)25)5-4-9(18-11)13(22)17-8-3-1-2-7(6-8)12(21)19-14(16)23/h1-6H,(H2,15,18)(H,17,22)(H3,16,19,21,23). The van der Waals surface area contributed by atoms with Gasteiger partial charge in [-0.3, -0.25) is 25.0 Å². The number of imide groups is 1. The van der Waals surface area contributed by atoms with Crippen LogP contribution >= 0.6 is 0 Å². The SMILES string of the molecule is NC(=O)NC(=O)c1cccc(NC(=O)c2ccc([N+](=O)[O-])c(N)n2)c1. The first kappa shape index (κ1) is 17.3. The van der Waals surface area contributed by atoms with Gasteiger partial charge in [0.25, 0.3) is 11.8 Å². The number of pyridine rings is 1. The predicted octanol–water partition coefficient (Wildman–Crippen LogP) is 0.633. The summed E-state index contributed by atoms with van der Waals surface area (Å²) in [5, 5.41) is 15.0. The number of nitrogen functional groups attached to an aromatic ring is 1. The van der Waals surface area contributed by atoms with E-state index in [1.165, 1.54) is 24.3 Å². The second-order valence-corrected chi connectivity index (χ2v) is 4.71. The molecular formula is C14H12N6O5. The molecule has 0 radical (unpaired) electrons. The van der Waals surface area contributed by atoms with Crippen LogP contribution in [0.2, 0.25) is 0 Å². The van der Waals surface area contributed by atoms with Crippen LogP contribution in [0.25, 0.3) is 0 Å². The molecule has 6 N–H and O–H groups in total. The number of primary amides is 1. The number of amides is 4. The van der Waals surface area contributed by atoms with Gasteiger partial charge < -0.3 is 16.8 Å². The summed E-state index contributed by atoms with van der Waals surface area (Å²) in [5.74, 6) is -1.82. The Morgan fingerprint density at radius 2 is 1.84 bits per heavy atom. The van der Waals surface area contributed by atoms with Crippen molar-refractivity contribution in [2.75, 3.05) is 11.1 Å². The molecule has 128 valence electrons. The highest BCUT2D eigenvalue weighted by Gasteiger charge is 2.17. The van der Waals surface area contributed by atoms with Gasteiger partial charge in [-0.05, 0) is 24.3 Å². The van der Waals surface area contributed by atoms with Gasteiger partial charge in [0.05, 0.1) is 4.92 Å². The number of urea groups is 1. The third-order valence-corrected chi connectivity index (χ3v) is 2.95. The van der Waals surface area contributed by atoms with Gasteiger partial charge in [0.15, 0.2) is 0 Å². The lowest BCUT2D eigenvalue weighted by Crippen LogP contribution is -2.34. The first-order valence-corrected chi connectivity index (χ1v) is 6.71. The third kappa shape index (κ3) is 4.25. The summed E-state index contributed by atoms with van der Waals surface area (Å²) in [7, 11) is 0. The molecule has 0 saturated heterocycles. The molecule has 2 aromatic rings. The highest BCUT2D eigenvalue weighted by molar-refractivity contribution is 6.06. The number of hydrogen-bond donors (Lipinski definition) is 4. The highest BCUT2D eigenvalue weighted by Crippen LogP contribution is 2.19. The largest absolute Gasteiger partial charge is 0.378 e. The van der Waals surface area contributed by atoms with E-state index in [1.807, 2.05) is 5.32 Å². The lowest BCUT2D eigenvalue weighted by Gasteiger charge is -2.07. The van der Waals surface area contributed by atoms with Crippen LogP contribution in [-0.2, 0) is 0 Å².